The van der Waals surface area contributed by atoms with Crippen molar-refractivity contribution in [3.63, 3.8) is 0 Å². The Hall–Kier alpha value is -3.62. The first kappa shape index (κ1) is 18.2. The van der Waals surface area contributed by atoms with Crippen molar-refractivity contribution < 1.29 is 23.0 Å². The number of aromatic nitrogens is 1. The third-order valence-corrected chi connectivity index (χ3v) is 3.85. The molecule has 0 saturated carbocycles. The number of nitrogens with zero attached hydrogens (tertiary/aromatic N) is 2. The first-order valence-corrected chi connectivity index (χ1v) is 7.79. The average Bonchev–Trinajstić information content (AvgIpc) is 3.08. The first-order valence-electron chi connectivity index (χ1n) is 7.79. The Bertz CT molecular complexity index is 1030. The molecule has 1 N–H and O–H groups in total. The molecule has 3 aromatic rings. The fraction of sp³-hybridized carbons (Fsp3) is 0.111. The fourth-order valence-electron chi connectivity index (χ4n) is 2.43. The van der Waals surface area contributed by atoms with Gasteiger partial charge in [-0.05, 0) is 25.1 Å². The van der Waals surface area contributed by atoms with Gasteiger partial charge < -0.3 is 9.84 Å². The third kappa shape index (κ3) is 3.97. The maximum Gasteiger partial charge on any atom is 0.273 e. The summed E-state index contributed by atoms with van der Waals surface area (Å²) in [7, 11) is 0. The van der Waals surface area contributed by atoms with Crippen molar-refractivity contribution >= 4 is 11.6 Å². The van der Waals surface area contributed by atoms with Gasteiger partial charge in [-0.1, -0.05) is 11.2 Å². The van der Waals surface area contributed by atoms with Crippen LogP contribution in [-0.4, -0.2) is 16.0 Å². The number of aryl methyl sites for hydroxylation is 1. The second-order valence-electron chi connectivity index (χ2n) is 5.75. The summed E-state index contributed by atoms with van der Waals surface area (Å²) < 4.78 is 31.8. The van der Waals surface area contributed by atoms with Crippen molar-refractivity contribution in [2.75, 3.05) is 0 Å². The van der Waals surface area contributed by atoms with Gasteiger partial charge in [-0.25, -0.2) is 8.78 Å². The molecule has 9 heteroatoms. The third-order valence-electron chi connectivity index (χ3n) is 3.85. The van der Waals surface area contributed by atoms with Gasteiger partial charge in [0.05, 0.1) is 17.0 Å². The molecule has 0 fully saturated rings. The highest BCUT2D eigenvalue weighted by Gasteiger charge is 2.16. The number of benzene rings is 2. The van der Waals surface area contributed by atoms with Gasteiger partial charge in [0.1, 0.15) is 17.3 Å². The van der Waals surface area contributed by atoms with Gasteiger partial charge in [-0.3, -0.25) is 14.9 Å². The summed E-state index contributed by atoms with van der Waals surface area (Å²) in [5, 5.41) is 17.2. The quantitative estimate of drug-likeness (QED) is 0.542. The topological polar surface area (TPSA) is 98.3 Å². The van der Waals surface area contributed by atoms with E-state index in [-0.39, 0.29) is 29.1 Å². The summed E-state index contributed by atoms with van der Waals surface area (Å²) in [6.45, 7) is 1.54. The van der Waals surface area contributed by atoms with Crippen LogP contribution in [0.2, 0.25) is 0 Å². The minimum absolute atomic E-state index is 0.0349. The molecular formula is C18H13F2N3O4. The van der Waals surface area contributed by atoms with Crippen molar-refractivity contribution in [2.45, 2.75) is 13.5 Å². The Labute approximate surface area is 151 Å². The number of hydrogen-bond acceptors (Lipinski definition) is 5. The highest BCUT2D eigenvalue weighted by molar-refractivity contribution is 5.94. The SMILES string of the molecule is Cc1ccc(C(=O)NCc2cc(-c3ccc(F)cc3F)on2)cc1[N+](=O)[O-]. The van der Waals surface area contributed by atoms with E-state index in [1.54, 1.807) is 6.92 Å². The Balaban J connectivity index is 1.71. The maximum atomic E-state index is 13.8. The Morgan fingerprint density at radius 1 is 1.22 bits per heavy atom. The molecule has 0 spiro atoms. The van der Waals surface area contributed by atoms with Crippen LogP contribution in [0.3, 0.4) is 0 Å². The normalized spacial score (nSPS) is 10.6. The molecule has 3 rings (SSSR count). The molecule has 1 aromatic heterocycles. The van der Waals surface area contributed by atoms with Crippen molar-refractivity contribution in [2.24, 2.45) is 0 Å². The van der Waals surface area contributed by atoms with Crippen LogP contribution < -0.4 is 5.32 Å². The largest absolute Gasteiger partial charge is 0.356 e. The van der Waals surface area contributed by atoms with E-state index < -0.39 is 22.5 Å². The summed E-state index contributed by atoms with van der Waals surface area (Å²) in [6.07, 6.45) is 0. The lowest BCUT2D eigenvalue weighted by molar-refractivity contribution is -0.385. The molecule has 0 saturated heterocycles. The van der Waals surface area contributed by atoms with Crippen molar-refractivity contribution in [1.29, 1.82) is 0 Å². The number of halogens is 2. The average molecular weight is 373 g/mol. The van der Waals surface area contributed by atoms with Crippen LogP contribution in [0.1, 0.15) is 21.6 Å². The van der Waals surface area contributed by atoms with Crippen LogP contribution >= 0.6 is 0 Å². The van der Waals surface area contributed by atoms with Gasteiger partial charge in [0.25, 0.3) is 11.6 Å². The summed E-state index contributed by atoms with van der Waals surface area (Å²) in [4.78, 5) is 22.6. The number of rotatable bonds is 5. The standard InChI is InChI=1S/C18H13F2N3O4/c1-10-2-3-11(6-16(10)23(25)26)18(24)21-9-13-8-17(27-22-13)14-5-4-12(19)7-15(14)20/h2-8H,9H2,1H3,(H,21,24). The molecule has 0 unspecified atom stereocenters. The minimum Gasteiger partial charge on any atom is -0.356 e. The summed E-state index contributed by atoms with van der Waals surface area (Å²) in [5.74, 6) is -1.96. The smallest absolute Gasteiger partial charge is 0.273 e. The van der Waals surface area contributed by atoms with E-state index in [0.29, 0.717) is 11.3 Å². The van der Waals surface area contributed by atoms with Gasteiger partial charge >= 0.3 is 0 Å². The summed E-state index contributed by atoms with van der Waals surface area (Å²) in [5.41, 5.74) is 0.761. The number of nitro groups is 1. The van der Waals surface area contributed by atoms with Crippen LogP contribution in [0.5, 0.6) is 0 Å². The van der Waals surface area contributed by atoms with E-state index in [4.69, 9.17) is 4.52 Å². The van der Waals surface area contributed by atoms with Crippen LogP contribution in [0.4, 0.5) is 14.5 Å². The first-order chi connectivity index (χ1) is 12.8. The molecule has 0 radical (unpaired) electrons. The van der Waals surface area contributed by atoms with E-state index in [1.807, 2.05) is 0 Å². The van der Waals surface area contributed by atoms with Gasteiger partial charge in [0.15, 0.2) is 5.76 Å². The van der Waals surface area contributed by atoms with Crippen molar-refractivity contribution in [3.05, 3.63) is 81.0 Å². The zero-order chi connectivity index (χ0) is 19.6. The van der Waals surface area contributed by atoms with Gasteiger partial charge in [0.2, 0.25) is 0 Å². The van der Waals surface area contributed by atoms with Gasteiger partial charge in [-0.2, -0.15) is 0 Å². The molecule has 0 bridgehead atoms. The van der Waals surface area contributed by atoms with Crippen LogP contribution in [0.15, 0.2) is 47.0 Å². The molecule has 1 amide bonds. The fourth-order valence-corrected chi connectivity index (χ4v) is 2.43. The number of carbonyl (C=O) groups excluding carboxylic acids is 1. The Morgan fingerprint density at radius 3 is 2.70 bits per heavy atom. The number of nitrogens with one attached hydrogen (secondary N) is 1. The van der Waals surface area contributed by atoms with E-state index in [9.17, 15) is 23.7 Å². The maximum absolute atomic E-state index is 13.8. The minimum atomic E-state index is -0.797. The zero-order valence-electron chi connectivity index (χ0n) is 14.0. The monoisotopic (exact) mass is 373 g/mol. The second kappa shape index (κ2) is 7.32. The highest BCUT2D eigenvalue weighted by Crippen LogP contribution is 2.24. The van der Waals surface area contributed by atoms with E-state index in [1.165, 1.54) is 30.3 Å². The van der Waals surface area contributed by atoms with Crippen molar-refractivity contribution in [1.82, 2.24) is 10.5 Å². The molecule has 0 aliphatic carbocycles. The Kier molecular flexibility index (Phi) is 4.93. The molecule has 0 aliphatic heterocycles. The number of amides is 1. The lowest BCUT2D eigenvalue weighted by Gasteiger charge is -2.04. The molecule has 138 valence electrons. The van der Waals surface area contributed by atoms with Gasteiger partial charge in [0, 0.05) is 29.3 Å². The van der Waals surface area contributed by atoms with E-state index in [2.05, 4.69) is 10.5 Å². The number of nitro benzene ring substituents is 1. The summed E-state index contributed by atoms with van der Waals surface area (Å²) in [6, 6.07) is 8.59. The second-order valence-corrected chi connectivity index (χ2v) is 5.75. The Morgan fingerprint density at radius 2 is 2.00 bits per heavy atom. The van der Waals surface area contributed by atoms with Crippen LogP contribution in [0, 0.1) is 28.7 Å². The molecule has 27 heavy (non-hydrogen) atoms. The highest BCUT2D eigenvalue weighted by atomic mass is 19.1. The van der Waals surface area contributed by atoms with E-state index >= 15 is 0 Å². The van der Waals surface area contributed by atoms with Gasteiger partial charge in [-0.15, -0.1) is 0 Å². The molecule has 0 atom stereocenters. The molecule has 7 nitrogen and oxygen atoms in total. The lowest BCUT2D eigenvalue weighted by Crippen LogP contribution is -2.23. The number of carbonyl (C=O) groups is 1. The molecule has 1 heterocycles. The predicted octanol–water partition coefficient (Wildman–Crippen LogP) is 3.77. The number of hydrogen-bond donors (Lipinski definition) is 1. The van der Waals surface area contributed by atoms with Crippen LogP contribution in [-0.2, 0) is 6.54 Å². The van der Waals surface area contributed by atoms with Crippen molar-refractivity contribution in [3.8, 4) is 11.3 Å². The molecule has 0 aliphatic rings. The van der Waals surface area contributed by atoms with E-state index in [0.717, 1.165) is 12.1 Å². The zero-order valence-corrected chi connectivity index (χ0v) is 14.0. The molecular weight excluding hydrogens is 360 g/mol. The predicted molar refractivity (Wildman–Crippen MR) is 90.9 cm³/mol. The molecule has 2 aromatic carbocycles. The lowest BCUT2D eigenvalue weighted by atomic mass is 10.1. The summed E-state index contributed by atoms with van der Waals surface area (Å²) >= 11 is 0. The van der Waals surface area contributed by atoms with Crippen LogP contribution in [0.25, 0.3) is 11.3 Å².